The molecule has 0 saturated carbocycles. The Labute approximate surface area is 191 Å². The van der Waals surface area contributed by atoms with E-state index in [-0.39, 0.29) is 4.90 Å². The third-order valence-corrected chi connectivity index (χ3v) is 6.74. The lowest BCUT2D eigenvalue weighted by Gasteiger charge is -2.24. The van der Waals surface area contributed by atoms with Gasteiger partial charge in [0.1, 0.15) is 6.54 Å². The summed E-state index contributed by atoms with van der Waals surface area (Å²) in [5, 5.41) is 4.61. The molecule has 1 amide bonds. The first-order chi connectivity index (χ1) is 14.8. The fraction of sp³-hybridized carbons (Fsp3) is 0.0909. The van der Waals surface area contributed by atoms with Gasteiger partial charge in [-0.2, -0.15) is 5.10 Å². The molecule has 0 radical (unpaired) electrons. The molecule has 3 rings (SSSR count). The zero-order valence-corrected chi connectivity index (χ0v) is 18.8. The number of halogens is 2. The molecular weight excluding hydrogens is 457 g/mol. The topological polar surface area (TPSA) is 78.8 Å². The van der Waals surface area contributed by atoms with Gasteiger partial charge in [-0.25, -0.2) is 13.8 Å². The number of anilines is 1. The lowest BCUT2D eigenvalue weighted by atomic mass is 10.2. The van der Waals surface area contributed by atoms with Crippen LogP contribution in [0.4, 0.5) is 5.69 Å². The number of sulfonamides is 1. The van der Waals surface area contributed by atoms with Crippen molar-refractivity contribution in [2.24, 2.45) is 5.10 Å². The summed E-state index contributed by atoms with van der Waals surface area (Å²) in [5.74, 6) is -0.625. The van der Waals surface area contributed by atoms with Crippen LogP contribution in [0.5, 0.6) is 0 Å². The van der Waals surface area contributed by atoms with Gasteiger partial charge in [-0.1, -0.05) is 59.6 Å². The number of aryl methyl sites for hydroxylation is 1. The van der Waals surface area contributed by atoms with Crippen LogP contribution in [-0.4, -0.2) is 27.1 Å². The van der Waals surface area contributed by atoms with E-state index in [0.29, 0.717) is 21.3 Å². The summed E-state index contributed by atoms with van der Waals surface area (Å²) in [6, 6.07) is 19.8. The normalized spacial score (nSPS) is 11.5. The highest BCUT2D eigenvalue weighted by atomic mass is 35.5. The fourth-order valence-electron chi connectivity index (χ4n) is 2.79. The molecule has 0 bridgehead atoms. The molecule has 0 saturated heterocycles. The molecule has 0 atom stereocenters. The van der Waals surface area contributed by atoms with Crippen molar-refractivity contribution in [2.45, 2.75) is 11.8 Å². The average Bonchev–Trinajstić information content (AvgIpc) is 2.74. The second-order valence-corrected chi connectivity index (χ2v) is 9.27. The van der Waals surface area contributed by atoms with Crippen molar-refractivity contribution in [3.63, 3.8) is 0 Å². The van der Waals surface area contributed by atoms with E-state index in [1.54, 1.807) is 54.6 Å². The summed E-state index contributed by atoms with van der Waals surface area (Å²) in [4.78, 5) is 12.6. The minimum Gasteiger partial charge on any atom is -0.271 e. The summed E-state index contributed by atoms with van der Waals surface area (Å²) >= 11 is 12.2. The molecular formula is C22H19Cl2N3O3S. The number of nitrogens with one attached hydrogen (secondary N) is 1. The molecule has 3 aromatic rings. The van der Waals surface area contributed by atoms with Gasteiger partial charge in [0.25, 0.3) is 15.9 Å². The van der Waals surface area contributed by atoms with E-state index < -0.39 is 22.5 Å². The molecule has 6 nitrogen and oxygen atoms in total. The van der Waals surface area contributed by atoms with E-state index in [9.17, 15) is 13.2 Å². The van der Waals surface area contributed by atoms with Crippen LogP contribution in [0, 0.1) is 6.92 Å². The number of carbonyl (C=O) groups is 1. The van der Waals surface area contributed by atoms with E-state index in [4.69, 9.17) is 23.2 Å². The highest BCUT2D eigenvalue weighted by Gasteiger charge is 2.27. The Balaban J connectivity index is 1.85. The number of carbonyl (C=O) groups excluding carboxylic acids is 1. The first-order valence-electron chi connectivity index (χ1n) is 9.19. The number of amides is 1. The lowest BCUT2D eigenvalue weighted by Crippen LogP contribution is -2.39. The van der Waals surface area contributed by atoms with Gasteiger partial charge in [0.2, 0.25) is 0 Å². The smallest absolute Gasteiger partial charge is 0.264 e. The van der Waals surface area contributed by atoms with Gasteiger partial charge in [0, 0.05) is 5.56 Å². The molecule has 160 valence electrons. The predicted octanol–water partition coefficient (Wildman–Crippen LogP) is 4.65. The monoisotopic (exact) mass is 475 g/mol. The molecule has 3 aromatic carbocycles. The maximum atomic E-state index is 13.2. The van der Waals surface area contributed by atoms with Crippen LogP contribution in [0.15, 0.2) is 82.8 Å². The standard InChI is InChI=1S/C22H19Cl2N3O3S/c1-16-7-5-8-17(13-16)27(31(29,30)18-9-3-2-4-10-18)15-22(28)26-25-14-19-20(23)11-6-12-21(19)24/h2-14H,15H2,1H3,(H,26,28)/b25-14-. The number of benzene rings is 3. The molecule has 0 aliphatic rings. The third-order valence-electron chi connectivity index (χ3n) is 4.29. The molecule has 0 aliphatic heterocycles. The maximum Gasteiger partial charge on any atom is 0.264 e. The van der Waals surface area contributed by atoms with Crippen molar-refractivity contribution in [1.29, 1.82) is 0 Å². The molecule has 0 heterocycles. The van der Waals surface area contributed by atoms with Crippen LogP contribution >= 0.6 is 23.2 Å². The Morgan fingerprint density at radius 3 is 2.29 bits per heavy atom. The third kappa shape index (κ3) is 5.64. The number of hydrazone groups is 1. The van der Waals surface area contributed by atoms with Crippen LogP contribution in [0.3, 0.4) is 0 Å². The van der Waals surface area contributed by atoms with E-state index in [1.807, 2.05) is 13.0 Å². The van der Waals surface area contributed by atoms with E-state index >= 15 is 0 Å². The highest BCUT2D eigenvalue weighted by molar-refractivity contribution is 7.92. The van der Waals surface area contributed by atoms with Crippen molar-refractivity contribution in [3.05, 3.63) is 94.0 Å². The first-order valence-corrected chi connectivity index (χ1v) is 11.4. The molecule has 0 fully saturated rings. The molecule has 9 heteroatoms. The van der Waals surface area contributed by atoms with Gasteiger partial charge in [0.15, 0.2) is 0 Å². The van der Waals surface area contributed by atoms with Crippen molar-refractivity contribution in [3.8, 4) is 0 Å². The van der Waals surface area contributed by atoms with E-state index in [2.05, 4.69) is 10.5 Å². The lowest BCUT2D eigenvalue weighted by molar-refractivity contribution is -0.119. The molecule has 0 aromatic heterocycles. The Kier molecular flexibility index (Phi) is 7.33. The number of rotatable bonds is 7. The van der Waals surface area contributed by atoms with Crippen molar-refractivity contribution in [1.82, 2.24) is 5.43 Å². The maximum absolute atomic E-state index is 13.2. The summed E-state index contributed by atoms with van der Waals surface area (Å²) in [6.45, 7) is 1.38. The zero-order chi connectivity index (χ0) is 22.4. The van der Waals surface area contributed by atoms with Crippen molar-refractivity contribution < 1.29 is 13.2 Å². The van der Waals surface area contributed by atoms with E-state index in [1.165, 1.54) is 18.3 Å². The molecule has 31 heavy (non-hydrogen) atoms. The van der Waals surface area contributed by atoms with Crippen LogP contribution < -0.4 is 9.73 Å². The molecule has 0 aliphatic carbocycles. The van der Waals surface area contributed by atoms with E-state index in [0.717, 1.165) is 9.87 Å². The Morgan fingerprint density at radius 1 is 1.00 bits per heavy atom. The fourth-order valence-corrected chi connectivity index (χ4v) is 4.72. The Bertz CT molecular complexity index is 1200. The number of hydrogen-bond acceptors (Lipinski definition) is 4. The van der Waals surface area contributed by atoms with Crippen LogP contribution in [0.1, 0.15) is 11.1 Å². The molecule has 0 unspecified atom stereocenters. The minimum absolute atomic E-state index is 0.0793. The number of nitrogens with zero attached hydrogens (tertiary/aromatic N) is 2. The van der Waals surface area contributed by atoms with Gasteiger partial charge in [0.05, 0.1) is 26.8 Å². The van der Waals surface area contributed by atoms with Crippen molar-refractivity contribution >= 4 is 51.0 Å². The Morgan fingerprint density at radius 2 is 1.65 bits per heavy atom. The SMILES string of the molecule is Cc1cccc(N(CC(=O)N/N=C\c2c(Cl)cccc2Cl)S(=O)(=O)c2ccccc2)c1. The quantitative estimate of drug-likeness (QED) is 0.399. The second-order valence-electron chi connectivity index (χ2n) is 6.59. The molecule has 1 N–H and O–H groups in total. The number of hydrogen-bond donors (Lipinski definition) is 1. The summed E-state index contributed by atoms with van der Waals surface area (Å²) in [6.07, 6.45) is 1.31. The van der Waals surface area contributed by atoms with Gasteiger partial charge in [-0.05, 0) is 48.9 Å². The van der Waals surface area contributed by atoms with Crippen LogP contribution in [0.25, 0.3) is 0 Å². The van der Waals surface area contributed by atoms with Crippen LogP contribution in [0.2, 0.25) is 10.0 Å². The summed E-state index contributed by atoms with van der Waals surface area (Å²) in [7, 11) is -3.98. The van der Waals surface area contributed by atoms with Gasteiger partial charge >= 0.3 is 0 Å². The van der Waals surface area contributed by atoms with Crippen molar-refractivity contribution in [2.75, 3.05) is 10.8 Å². The Hall–Kier alpha value is -2.87. The highest BCUT2D eigenvalue weighted by Crippen LogP contribution is 2.24. The second kappa shape index (κ2) is 9.96. The molecule has 0 spiro atoms. The van der Waals surface area contributed by atoms with Gasteiger partial charge < -0.3 is 0 Å². The summed E-state index contributed by atoms with van der Waals surface area (Å²) in [5.41, 5.74) is 4.01. The first kappa shape index (κ1) is 22.8. The van der Waals surface area contributed by atoms with Gasteiger partial charge in [-0.15, -0.1) is 0 Å². The van der Waals surface area contributed by atoms with Gasteiger partial charge in [-0.3, -0.25) is 9.10 Å². The predicted molar refractivity (Wildman–Crippen MR) is 124 cm³/mol. The minimum atomic E-state index is -3.98. The average molecular weight is 476 g/mol. The zero-order valence-electron chi connectivity index (χ0n) is 16.5. The summed E-state index contributed by atoms with van der Waals surface area (Å²) < 4.78 is 27.5. The van der Waals surface area contributed by atoms with Crippen LogP contribution in [-0.2, 0) is 14.8 Å². The largest absolute Gasteiger partial charge is 0.271 e.